The van der Waals surface area contributed by atoms with Crippen LogP contribution in [-0.4, -0.2) is 139 Å². The molecule has 9 saturated carbocycles. The molecule has 23 nitrogen and oxygen atoms in total. The number of fused-ring (bicyclic) bond motifs is 12. The van der Waals surface area contributed by atoms with Crippen LogP contribution < -0.4 is 0 Å². The zero-order chi connectivity index (χ0) is 77.4. The minimum atomic E-state index is -1.13. The van der Waals surface area contributed by atoms with Gasteiger partial charge >= 0.3 is 23.9 Å². The number of carboxylic acids is 4. The van der Waals surface area contributed by atoms with Crippen molar-refractivity contribution in [3.8, 4) is 66.7 Å². The first-order valence-electron chi connectivity index (χ1n) is 36.9. The minimum Gasteiger partial charge on any atom is -0.481 e. The first-order chi connectivity index (χ1) is 53.5. The number of aliphatic carboxylic acids is 3. The lowest BCUT2D eigenvalue weighted by molar-refractivity contribution is -0.153. The van der Waals surface area contributed by atoms with E-state index in [0.717, 1.165) is 118 Å². The number of aromatic amines is 4. The third-order valence-electron chi connectivity index (χ3n) is 23.7. The Kier molecular flexibility index (Phi) is 20.7. The largest absolute Gasteiger partial charge is 0.481 e. The van der Waals surface area contributed by atoms with Gasteiger partial charge in [-0.25, -0.2) is 81.0 Å². The predicted molar refractivity (Wildman–Crippen MR) is 403 cm³/mol. The number of halogens is 6. The molecular formula is C79H75F6N15O8S3. The van der Waals surface area contributed by atoms with Gasteiger partial charge in [-0.3, -0.25) is 14.4 Å². The van der Waals surface area contributed by atoms with Gasteiger partial charge in [-0.2, -0.15) is 0 Å². The number of hydrogen-bond acceptors (Lipinski definition) is 18. The number of carboxylic acid groups (broad SMARTS) is 4. The van der Waals surface area contributed by atoms with Crippen LogP contribution in [0.4, 0.5) is 26.3 Å². The van der Waals surface area contributed by atoms with Crippen LogP contribution in [0, 0.1) is 106 Å². The maximum Gasteiger partial charge on any atom is 0.345 e. The van der Waals surface area contributed by atoms with Crippen LogP contribution in [0.15, 0.2) is 91.0 Å². The molecule has 9 fully saturated rings. The minimum absolute atomic E-state index is 0.0324. The van der Waals surface area contributed by atoms with E-state index in [1.54, 1.807) is 18.6 Å². The van der Waals surface area contributed by atoms with Gasteiger partial charge in [0.1, 0.15) is 56.4 Å². The van der Waals surface area contributed by atoms with E-state index in [1.165, 1.54) is 59.6 Å². The second-order valence-electron chi connectivity index (χ2n) is 30.2. The number of aromatic carboxylic acids is 1. The maximum atomic E-state index is 16.2. The molecule has 574 valence electrons. The van der Waals surface area contributed by atoms with Crippen LogP contribution in [0.25, 0.3) is 99.8 Å². The molecule has 0 aliphatic heterocycles. The zero-order valence-corrected chi connectivity index (χ0v) is 62.6. The first kappa shape index (κ1) is 74.8. The lowest BCUT2D eigenvalue weighted by Crippen LogP contribution is -2.45. The number of rotatable bonds is 19. The highest BCUT2D eigenvalue weighted by molar-refractivity contribution is 7.98. The number of H-pyrrole nitrogens is 4. The second-order valence-corrected chi connectivity index (χ2v) is 33.3. The average molecular weight is 1570 g/mol. The highest BCUT2D eigenvalue weighted by atomic mass is 32.2. The number of pyridine rings is 3. The molecule has 0 amide bonds. The maximum absolute atomic E-state index is 16.2. The van der Waals surface area contributed by atoms with Gasteiger partial charge in [-0.1, -0.05) is 11.8 Å². The third kappa shape index (κ3) is 14.7. The van der Waals surface area contributed by atoms with Crippen LogP contribution in [0.2, 0.25) is 0 Å². The van der Waals surface area contributed by atoms with E-state index in [-0.39, 0.29) is 129 Å². The van der Waals surface area contributed by atoms with Crippen molar-refractivity contribution in [3.63, 3.8) is 0 Å². The van der Waals surface area contributed by atoms with Gasteiger partial charge in [-0.15, -0.1) is 22.7 Å². The van der Waals surface area contributed by atoms with Crippen LogP contribution in [-0.2, 0) is 40.2 Å². The van der Waals surface area contributed by atoms with E-state index in [0.29, 0.717) is 70.4 Å². The summed E-state index contributed by atoms with van der Waals surface area (Å²) < 4.78 is 90.3. The Labute approximate surface area is 642 Å². The quantitative estimate of drug-likeness (QED) is 0.0275. The molecule has 32 heteroatoms. The van der Waals surface area contributed by atoms with Crippen molar-refractivity contribution in [2.75, 3.05) is 20.4 Å². The first-order valence-corrected chi connectivity index (χ1v) is 39.8. The van der Waals surface area contributed by atoms with E-state index < -0.39 is 76.5 Å². The highest BCUT2D eigenvalue weighted by Gasteiger charge is 2.51. The second kappa shape index (κ2) is 30.8. The predicted octanol–water partition coefficient (Wildman–Crippen LogP) is 16.3. The average Bonchev–Trinajstić information content (AvgIpc) is 1.75. The summed E-state index contributed by atoms with van der Waals surface area (Å²) in [5, 5.41) is 41.4. The number of aromatic nitrogens is 14. The van der Waals surface area contributed by atoms with Crippen molar-refractivity contribution in [3.05, 3.63) is 148 Å². The molecule has 0 saturated heterocycles. The van der Waals surface area contributed by atoms with Gasteiger partial charge in [-0.05, 0) is 212 Å². The molecule has 0 aromatic carbocycles. The molecule has 12 aromatic heterocycles. The summed E-state index contributed by atoms with van der Waals surface area (Å²) >= 11 is 3.74. The molecule has 9 aliphatic rings. The Morgan fingerprint density at radius 1 is 0.468 bits per heavy atom. The monoisotopic (exact) mass is 1570 g/mol. The molecule has 8 N–H and O–H groups in total. The Morgan fingerprint density at radius 3 is 1.18 bits per heavy atom. The van der Waals surface area contributed by atoms with Crippen molar-refractivity contribution in [2.45, 2.75) is 108 Å². The smallest absolute Gasteiger partial charge is 0.345 e. The number of nitrogens with one attached hydrogen (secondary N) is 4. The van der Waals surface area contributed by atoms with E-state index >= 15 is 13.2 Å². The van der Waals surface area contributed by atoms with Gasteiger partial charge in [0.15, 0.2) is 40.1 Å². The summed E-state index contributed by atoms with van der Waals surface area (Å²) in [5.74, 6) is -7.66. The zero-order valence-electron chi connectivity index (χ0n) is 60.2. The Morgan fingerprint density at radius 2 is 0.829 bits per heavy atom. The van der Waals surface area contributed by atoms with E-state index in [2.05, 4.69) is 69.8 Å². The van der Waals surface area contributed by atoms with Gasteiger partial charge in [0.05, 0.1) is 75.1 Å². The summed E-state index contributed by atoms with van der Waals surface area (Å²) in [4.78, 5) is 108. The fourth-order valence-corrected chi connectivity index (χ4v) is 21.0. The number of carbonyl (C=O) groups is 4. The summed E-state index contributed by atoms with van der Waals surface area (Å²) in [6.07, 6.45) is 23.1. The normalized spacial score (nSPS) is 23.1. The van der Waals surface area contributed by atoms with Crippen molar-refractivity contribution in [1.82, 2.24) is 74.7 Å². The van der Waals surface area contributed by atoms with E-state index in [1.807, 2.05) is 37.4 Å². The van der Waals surface area contributed by atoms with Gasteiger partial charge < -0.3 is 45.3 Å². The molecule has 12 heterocycles. The van der Waals surface area contributed by atoms with Crippen LogP contribution >= 0.6 is 34.4 Å². The molecule has 12 aromatic rings. The van der Waals surface area contributed by atoms with Crippen molar-refractivity contribution in [2.24, 2.45) is 71.0 Å². The Balaban J connectivity index is 0.000000126. The van der Waals surface area contributed by atoms with Gasteiger partial charge in [0.25, 0.3) is 0 Å². The van der Waals surface area contributed by atoms with E-state index in [9.17, 15) is 52.8 Å². The lowest BCUT2D eigenvalue weighted by atomic mass is 9.57. The highest BCUT2D eigenvalue weighted by Crippen LogP contribution is 2.54. The SMILES string of the molecule is CN(C)Cc1ccc(-c2nc(-c3c[nH]c4ncc(F)cc34)nc(C[C@H]3C4CCC(CC4)[C@@H]3C(=O)O)c2F)s1.CSc1ncc(-c2nc(-c3c[nH]c4ncc(F)cc34)nc(C[C@H]3C4CCC(CC4)[C@@H]3C(=O)O)c2F)[nH]1.O=C(O)c1ccc(-c2nc(-c3c[nH]c4ncc(F)cc34)nc(C[C@H]3C4CCC(CC4)[C@@H]3C(=O)O)c2F)s1. The summed E-state index contributed by atoms with van der Waals surface area (Å²) in [7, 11) is 3.95. The fraction of sp³-hybridized carbons (Fsp3) is 0.392. The molecule has 6 atom stereocenters. The third-order valence-corrected chi connectivity index (χ3v) is 26.5. The molecule has 111 heavy (non-hydrogen) atoms. The number of hydrogen-bond donors (Lipinski definition) is 8. The van der Waals surface area contributed by atoms with Crippen LogP contribution in [0.3, 0.4) is 0 Å². The Bertz CT molecular complexity index is 5580. The molecule has 9 aliphatic carbocycles. The number of thiophene rings is 2. The molecular weight excluding hydrogens is 1500 g/mol. The van der Waals surface area contributed by atoms with E-state index in [4.69, 9.17) is 0 Å². The van der Waals surface area contributed by atoms with Gasteiger partial charge in [0.2, 0.25) is 0 Å². The molecule has 0 unspecified atom stereocenters. The number of nitrogens with zero attached hydrogens (tertiary/aromatic N) is 11. The lowest BCUT2D eigenvalue weighted by Gasteiger charge is -2.46. The van der Waals surface area contributed by atoms with Crippen molar-refractivity contribution < 1.29 is 65.9 Å². The number of thioether (sulfide) groups is 1. The summed E-state index contributed by atoms with van der Waals surface area (Å²) in [6.45, 7) is 0.718. The fourth-order valence-electron chi connectivity index (χ4n) is 18.7. The summed E-state index contributed by atoms with van der Waals surface area (Å²) in [6, 6.07) is 10.7. The Hall–Kier alpha value is -10.3. The van der Waals surface area contributed by atoms with Crippen LogP contribution in [0.5, 0.6) is 0 Å². The topological polar surface area (TPSA) is 344 Å². The van der Waals surface area contributed by atoms with Crippen LogP contribution in [0.1, 0.15) is 109 Å². The van der Waals surface area contributed by atoms with Crippen molar-refractivity contribution >= 4 is 91.4 Å². The molecule has 6 bridgehead atoms. The number of imidazole rings is 1. The summed E-state index contributed by atoms with van der Waals surface area (Å²) in [5.41, 5.74) is 3.81. The molecule has 0 spiro atoms. The molecule has 0 radical (unpaired) electrons. The van der Waals surface area contributed by atoms with Crippen molar-refractivity contribution in [1.29, 1.82) is 0 Å². The van der Waals surface area contributed by atoms with Gasteiger partial charge in [0, 0.05) is 62.9 Å². The molecule has 21 rings (SSSR count). The standard InChI is InChI=1S/C28H29F2N5O2S.C26H22F2N4O4S.C25H24F2N6O2S/c1-35(2)13-17-7-8-22(38-17)25-24(30)21(10-18-14-3-5-15(6-4-14)23(18)28(36)37)33-27(34-25)20-12-32-26-19(20)9-16(29)11-31-26;27-13-7-15-16(10-30-23(15)29-9-13)24-31-17(8-14-11-1-3-12(4-2-11)20(14)26(35)36)21(28)22(32-24)18-5-6-19(37-18)25(33)34;1-36-25-30-10-18(32-25)21-20(27)17(7-14-11-2-4-12(5-3-11)19(14)24(34)35)31-23(33-21)16-9-29-22-15(16)6-13(26)8-28-22/h7-9,11-12,14-15,18,23H,3-6,10,13H2,1-2H3,(H,31,32)(H,36,37);5-7,9-12,14,20H,1-4,8H2,(H,29,30)(H,33,34)(H,35,36);6,8-12,14,19H,2-5,7H2,1H3,(H,28,29)(H,30,32)(H,34,35)/t14?,15?,18-,23-;11?,12?,14-,20-;11?,12?,14-,19-/m000/s1.